The summed E-state index contributed by atoms with van der Waals surface area (Å²) >= 11 is 0. The van der Waals surface area contributed by atoms with Gasteiger partial charge in [-0.3, -0.25) is 9.59 Å². The van der Waals surface area contributed by atoms with E-state index in [4.69, 9.17) is 15.2 Å². The molecule has 4 N–H and O–H groups in total. The Morgan fingerprint density at radius 2 is 1.83 bits per heavy atom. The van der Waals surface area contributed by atoms with E-state index in [1.54, 1.807) is 12.1 Å². The molecule has 8 heteroatoms. The first kappa shape index (κ1) is 18.9. The summed E-state index contributed by atoms with van der Waals surface area (Å²) in [5.74, 6) is 0.779. The van der Waals surface area contributed by atoms with Crippen molar-refractivity contribution in [3.8, 4) is 11.5 Å². The number of hydrogen-bond acceptors (Lipinski definition) is 5. The highest BCUT2D eigenvalue weighted by Gasteiger charge is 2.21. The minimum atomic E-state index is -0.474. The number of nitrogen functional groups attached to an aromatic ring is 1. The molecular weight excluding hydrogens is 322 g/mol. The number of anilines is 2. The lowest BCUT2D eigenvalue weighted by Crippen LogP contribution is -2.36. The Hall–Kier alpha value is -2.15. The maximum Gasteiger partial charge on any atom is 0.231 e. The van der Waals surface area contributed by atoms with Crippen LogP contribution in [-0.4, -0.2) is 25.2 Å². The minimum absolute atomic E-state index is 0. The summed E-state index contributed by atoms with van der Waals surface area (Å²) < 4.78 is 10.4. The molecule has 1 aliphatic heterocycles. The van der Waals surface area contributed by atoms with Crippen molar-refractivity contribution in [1.82, 2.24) is 5.32 Å². The van der Waals surface area contributed by atoms with Crippen LogP contribution in [0.3, 0.4) is 0 Å². The lowest BCUT2D eigenvalue weighted by molar-refractivity contribution is -0.128. The molecule has 1 aliphatic rings. The normalized spacial score (nSPS) is 12.3. The van der Waals surface area contributed by atoms with Crippen LogP contribution in [0.25, 0.3) is 0 Å². The number of carbonyl (C=O) groups excluding carboxylic acids is 2. The summed E-state index contributed by atoms with van der Waals surface area (Å²) in [5, 5.41) is 5.42. The molecule has 0 atom stereocenters. The molecule has 0 aromatic heterocycles. The fourth-order valence-corrected chi connectivity index (χ4v) is 1.83. The maximum atomic E-state index is 11.9. The van der Waals surface area contributed by atoms with Crippen LogP contribution < -0.4 is 25.8 Å². The topological polar surface area (TPSA) is 103 Å². The number of amides is 2. The van der Waals surface area contributed by atoms with E-state index in [-0.39, 0.29) is 44.0 Å². The van der Waals surface area contributed by atoms with E-state index in [1.807, 2.05) is 20.8 Å². The van der Waals surface area contributed by atoms with Crippen molar-refractivity contribution in [3.05, 3.63) is 12.1 Å². The van der Waals surface area contributed by atoms with Gasteiger partial charge in [-0.2, -0.15) is 0 Å². The van der Waals surface area contributed by atoms with Gasteiger partial charge in [-0.15, -0.1) is 12.4 Å². The van der Waals surface area contributed by atoms with Gasteiger partial charge in [0.2, 0.25) is 18.6 Å². The largest absolute Gasteiger partial charge is 0.454 e. The average Bonchev–Trinajstić information content (AvgIpc) is 2.85. The molecule has 23 heavy (non-hydrogen) atoms. The van der Waals surface area contributed by atoms with E-state index in [0.29, 0.717) is 22.9 Å². The molecule has 0 saturated carbocycles. The molecule has 0 saturated heterocycles. The van der Waals surface area contributed by atoms with Gasteiger partial charge >= 0.3 is 0 Å². The van der Waals surface area contributed by atoms with Crippen LogP contribution in [0.2, 0.25) is 0 Å². The summed E-state index contributed by atoms with van der Waals surface area (Å²) in [6.07, 6.45) is 0.162. The molecule has 2 rings (SSSR count). The van der Waals surface area contributed by atoms with Gasteiger partial charge in [-0.1, -0.05) is 20.8 Å². The Morgan fingerprint density at radius 1 is 1.22 bits per heavy atom. The van der Waals surface area contributed by atoms with E-state index in [1.165, 1.54) is 0 Å². The Balaban J connectivity index is 0.00000264. The monoisotopic (exact) mass is 343 g/mol. The predicted molar refractivity (Wildman–Crippen MR) is 89.9 cm³/mol. The second-order valence-corrected chi connectivity index (χ2v) is 6.10. The first-order valence-corrected chi connectivity index (χ1v) is 7.04. The predicted octanol–water partition coefficient (Wildman–Crippen LogP) is 1.91. The molecule has 2 amide bonds. The molecule has 0 spiro atoms. The Kier molecular flexibility index (Phi) is 6.09. The summed E-state index contributed by atoms with van der Waals surface area (Å²) in [5.41, 5.74) is 6.25. The SMILES string of the molecule is CC(C)(C)C(=O)NCCC(=O)Nc1cc2c(cc1N)OCO2.Cl. The number of benzene rings is 1. The maximum absolute atomic E-state index is 11.9. The van der Waals surface area contributed by atoms with E-state index in [9.17, 15) is 9.59 Å². The Labute approximate surface area is 141 Å². The van der Waals surface area contributed by atoms with Crippen LogP contribution in [0, 0.1) is 5.41 Å². The molecule has 1 aromatic rings. The van der Waals surface area contributed by atoms with Crippen LogP contribution in [-0.2, 0) is 9.59 Å². The highest BCUT2D eigenvalue weighted by atomic mass is 35.5. The van der Waals surface area contributed by atoms with Crippen molar-refractivity contribution in [3.63, 3.8) is 0 Å². The zero-order valence-electron chi connectivity index (χ0n) is 13.4. The lowest BCUT2D eigenvalue weighted by Gasteiger charge is -2.17. The fourth-order valence-electron chi connectivity index (χ4n) is 1.83. The molecule has 0 radical (unpaired) electrons. The zero-order valence-corrected chi connectivity index (χ0v) is 14.2. The Morgan fingerprint density at radius 3 is 2.43 bits per heavy atom. The van der Waals surface area contributed by atoms with Gasteiger partial charge in [-0.05, 0) is 0 Å². The number of nitrogens with two attached hydrogens (primary N) is 1. The number of halogens is 1. The molecule has 128 valence electrons. The van der Waals surface area contributed by atoms with Crippen molar-refractivity contribution in [2.45, 2.75) is 27.2 Å². The number of nitrogens with one attached hydrogen (secondary N) is 2. The number of carbonyl (C=O) groups is 2. The van der Waals surface area contributed by atoms with Crippen LogP contribution in [0.5, 0.6) is 11.5 Å². The first-order chi connectivity index (χ1) is 10.3. The molecule has 0 bridgehead atoms. The van der Waals surface area contributed by atoms with Gasteiger partial charge in [0.05, 0.1) is 11.4 Å². The van der Waals surface area contributed by atoms with Crippen LogP contribution in [0.4, 0.5) is 11.4 Å². The fraction of sp³-hybridized carbons (Fsp3) is 0.467. The third-order valence-corrected chi connectivity index (χ3v) is 3.14. The number of rotatable bonds is 4. The second kappa shape index (κ2) is 7.41. The minimum Gasteiger partial charge on any atom is -0.454 e. The summed E-state index contributed by atoms with van der Waals surface area (Å²) in [6, 6.07) is 3.24. The third kappa shape index (κ3) is 4.92. The van der Waals surface area contributed by atoms with Crippen LogP contribution in [0.1, 0.15) is 27.2 Å². The zero-order chi connectivity index (χ0) is 16.3. The second-order valence-electron chi connectivity index (χ2n) is 6.10. The van der Waals surface area contributed by atoms with Crippen molar-refractivity contribution in [2.75, 3.05) is 24.4 Å². The standard InChI is InChI=1S/C15H21N3O4.ClH/c1-15(2,3)14(20)17-5-4-13(19)18-10-7-12-11(6-9(10)16)21-8-22-12;/h6-7H,4-5,8,16H2,1-3H3,(H,17,20)(H,18,19);1H. The number of ether oxygens (including phenoxy) is 2. The molecular formula is C15H22ClN3O4. The van der Waals surface area contributed by atoms with Gasteiger partial charge in [0.25, 0.3) is 0 Å². The van der Waals surface area contributed by atoms with Crippen molar-refractivity contribution < 1.29 is 19.1 Å². The van der Waals surface area contributed by atoms with Crippen LogP contribution >= 0.6 is 12.4 Å². The van der Waals surface area contributed by atoms with E-state index in [2.05, 4.69) is 10.6 Å². The van der Waals surface area contributed by atoms with Crippen molar-refractivity contribution in [1.29, 1.82) is 0 Å². The molecule has 0 fully saturated rings. The third-order valence-electron chi connectivity index (χ3n) is 3.14. The number of hydrogen-bond donors (Lipinski definition) is 3. The van der Waals surface area contributed by atoms with Gasteiger partial charge in [0.15, 0.2) is 11.5 Å². The van der Waals surface area contributed by atoms with Gasteiger partial charge < -0.3 is 25.8 Å². The Bertz CT molecular complexity index is 599. The van der Waals surface area contributed by atoms with Gasteiger partial charge in [-0.25, -0.2) is 0 Å². The molecule has 0 aliphatic carbocycles. The van der Waals surface area contributed by atoms with Gasteiger partial charge in [0, 0.05) is 30.5 Å². The molecule has 1 heterocycles. The van der Waals surface area contributed by atoms with Crippen molar-refractivity contribution in [2.24, 2.45) is 5.41 Å². The van der Waals surface area contributed by atoms with Crippen molar-refractivity contribution >= 4 is 35.6 Å². The smallest absolute Gasteiger partial charge is 0.231 e. The molecule has 0 unspecified atom stereocenters. The summed E-state index contributed by atoms with van der Waals surface area (Å²) in [6.45, 7) is 5.86. The van der Waals surface area contributed by atoms with E-state index in [0.717, 1.165) is 0 Å². The van der Waals surface area contributed by atoms with Crippen LogP contribution in [0.15, 0.2) is 12.1 Å². The highest BCUT2D eigenvalue weighted by Crippen LogP contribution is 2.38. The quantitative estimate of drug-likeness (QED) is 0.725. The average molecular weight is 344 g/mol. The molecule has 7 nitrogen and oxygen atoms in total. The summed E-state index contributed by atoms with van der Waals surface area (Å²) in [7, 11) is 0. The summed E-state index contributed by atoms with van der Waals surface area (Å²) in [4.78, 5) is 23.6. The first-order valence-electron chi connectivity index (χ1n) is 7.04. The lowest BCUT2D eigenvalue weighted by atomic mass is 9.96. The highest BCUT2D eigenvalue weighted by molar-refractivity contribution is 5.95. The van der Waals surface area contributed by atoms with Gasteiger partial charge in [0.1, 0.15) is 0 Å². The van der Waals surface area contributed by atoms with E-state index < -0.39 is 5.41 Å². The molecule has 1 aromatic carbocycles. The number of fused-ring (bicyclic) bond motifs is 1. The van der Waals surface area contributed by atoms with E-state index >= 15 is 0 Å².